The van der Waals surface area contributed by atoms with E-state index in [1.807, 2.05) is 11.0 Å². The Morgan fingerprint density at radius 2 is 1.77 bits per heavy atom. The van der Waals surface area contributed by atoms with Crippen molar-refractivity contribution >= 4 is 10.0 Å². The molecule has 1 heterocycles. The Bertz CT molecular complexity index is 628. The van der Waals surface area contributed by atoms with E-state index in [9.17, 15) is 17.2 Å². The van der Waals surface area contributed by atoms with E-state index in [0.29, 0.717) is 38.0 Å². The molecule has 7 heteroatoms. The van der Waals surface area contributed by atoms with Gasteiger partial charge in [0.2, 0.25) is 10.0 Å². The Balaban J connectivity index is 1.59. The number of likely N-dealkylation sites (tertiary alicyclic amines) is 1. The standard InChI is InChI=1S/C15H20F2N2O2S/c16-15(17)13(14(15)11-4-2-1-3-5-11)10-19-8-6-12(7-9-19)22(18,20)21/h1-5,12-14H,6-10H2,(H2,18,20,21)/t13-,14-/m1/s1. The molecule has 2 atom stereocenters. The van der Waals surface area contributed by atoms with Crippen molar-refractivity contribution < 1.29 is 17.2 Å². The van der Waals surface area contributed by atoms with Crippen molar-refractivity contribution in [3.05, 3.63) is 35.9 Å². The molecule has 0 spiro atoms. The minimum Gasteiger partial charge on any atom is -0.303 e. The average molecular weight is 330 g/mol. The summed E-state index contributed by atoms with van der Waals surface area (Å²) in [5.41, 5.74) is 0.678. The van der Waals surface area contributed by atoms with Gasteiger partial charge in [-0.15, -0.1) is 0 Å². The maximum Gasteiger partial charge on any atom is 0.260 e. The van der Waals surface area contributed by atoms with Crippen molar-refractivity contribution in [1.82, 2.24) is 4.90 Å². The topological polar surface area (TPSA) is 63.4 Å². The Morgan fingerprint density at radius 3 is 2.32 bits per heavy atom. The number of benzene rings is 1. The van der Waals surface area contributed by atoms with Crippen LogP contribution >= 0.6 is 0 Å². The lowest BCUT2D eigenvalue weighted by molar-refractivity contribution is 0.0806. The average Bonchev–Trinajstić information content (AvgIpc) is 3.00. The van der Waals surface area contributed by atoms with Gasteiger partial charge in [-0.2, -0.15) is 0 Å². The summed E-state index contributed by atoms with van der Waals surface area (Å²) in [6.07, 6.45) is 0.847. The lowest BCUT2D eigenvalue weighted by Gasteiger charge is -2.30. The Morgan fingerprint density at radius 1 is 1.18 bits per heavy atom. The van der Waals surface area contributed by atoms with Crippen LogP contribution in [0.15, 0.2) is 30.3 Å². The highest BCUT2D eigenvalue weighted by molar-refractivity contribution is 7.89. The molecule has 0 unspecified atom stereocenters. The van der Waals surface area contributed by atoms with Gasteiger partial charge >= 0.3 is 0 Å². The van der Waals surface area contributed by atoms with E-state index < -0.39 is 33.0 Å². The van der Waals surface area contributed by atoms with Crippen molar-refractivity contribution in [3.8, 4) is 0 Å². The number of piperidine rings is 1. The molecule has 1 aromatic rings. The third-order valence-electron chi connectivity index (χ3n) is 4.82. The van der Waals surface area contributed by atoms with Gasteiger partial charge < -0.3 is 4.90 Å². The van der Waals surface area contributed by atoms with Crippen molar-refractivity contribution in [1.29, 1.82) is 0 Å². The second kappa shape index (κ2) is 5.54. The first-order valence-corrected chi connectivity index (χ1v) is 9.08. The molecule has 0 amide bonds. The van der Waals surface area contributed by atoms with E-state index in [4.69, 9.17) is 5.14 Å². The minimum absolute atomic E-state index is 0.309. The molecule has 0 radical (unpaired) electrons. The summed E-state index contributed by atoms with van der Waals surface area (Å²) < 4.78 is 50.7. The van der Waals surface area contributed by atoms with Crippen LogP contribution < -0.4 is 5.14 Å². The van der Waals surface area contributed by atoms with Crippen LogP contribution in [0.5, 0.6) is 0 Å². The minimum atomic E-state index is -3.51. The summed E-state index contributed by atoms with van der Waals surface area (Å²) in [5.74, 6) is -4.07. The third kappa shape index (κ3) is 3.02. The van der Waals surface area contributed by atoms with Crippen molar-refractivity contribution in [2.45, 2.75) is 29.9 Å². The molecule has 2 N–H and O–H groups in total. The smallest absolute Gasteiger partial charge is 0.260 e. The number of sulfonamides is 1. The molecule has 1 saturated carbocycles. The monoisotopic (exact) mass is 330 g/mol. The number of nitrogens with zero attached hydrogens (tertiary/aromatic N) is 1. The molecule has 22 heavy (non-hydrogen) atoms. The first-order chi connectivity index (χ1) is 10.3. The summed E-state index contributed by atoms with van der Waals surface area (Å²) in [7, 11) is -3.51. The van der Waals surface area contributed by atoms with Gasteiger partial charge in [-0.25, -0.2) is 22.3 Å². The molecule has 1 aliphatic carbocycles. The van der Waals surface area contributed by atoms with Crippen LogP contribution in [0, 0.1) is 5.92 Å². The zero-order chi connectivity index (χ0) is 16.0. The van der Waals surface area contributed by atoms with E-state index >= 15 is 0 Å². The molecular weight excluding hydrogens is 310 g/mol. The molecule has 122 valence electrons. The fourth-order valence-electron chi connectivity index (χ4n) is 3.43. The van der Waals surface area contributed by atoms with Crippen LogP contribution in [0.2, 0.25) is 0 Å². The largest absolute Gasteiger partial charge is 0.303 e. The molecule has 1 aromatic carbocycles. The van der Waals surface area contributed by atoms with E-state index in [1.54, 1.807) is 24.3 Å². The summed E-state index contributed by atoms with van der Waals surface area (Å²) in [5, 5.41) is 4.61. The van der Waals surface area contributed by atoms with Gasteiger partial charge in [0.1, 0.15) is 0 Å². The number of hydrogen-bond donors (Lipinski definition) is 1. The van der Waals surface area contributed by atoms with Gasteiger partial charge in [0, 0.05) is 12.5 Å². The number of hydrogen-bond acceptors (Lipinski definition) is 3. The molecule has 1 saturated heterocycles. The third-order valence-corrected chi connectivity index (χ3v) is 6.22. The van der Waals surface area contributed by atoms with Crippen LogP contribution in [0.4, 0.5) is 8.78 Å². The first-order valence-electron chi connectivity index (χ1n) is 7.47. The van der Waals surface area contributed by atoms with Crippen molar-refractivity contribution in [2.24, 2.45) is 11.1 Å². The van der Waals surface area contributed by atoms with E-state index in [0.717, 1.165) is 0 Å². The van der Waals surface area contributed by atoms with Crippen molar-refractivity contribution in [3.63, 3.8) is 0 Å². The second-order valence-electron chi connectivity index (χ2n) is 6.26. The molecule has 2 aliphatic rings. The summed E-state index contributed by atoms with van der Waals surface area (Å²) in [4.78, 5) is 1.93. The highest BCUT2D eigenvalue weighted by Gasteiger charge is 2.68. The lowest BCUT2D eigenvalue weighted by Crippen LogP contribution is -2.42. The van der Waals surface area contributed by atoms with E-state index in [2.05, 4.69) is 0 Å². The zero-order valence-electron chi connectivity index (χ0n) is 12.2. The molecule has 4 nitrogen and oxygen atoms in total. The summed E-state index contributed by atoms with van der Waals surface area (Å²) in [6, 6.07) is 8.85. The van der Waals surface area contributed by atoms with E-state index in [1.165, 1.54) is 0 Å². The van der Waals surface area contributed by atoms with Gasteiger partial charge in [-0.05, 0) is 31.5 Å². The molecule has 1 aliphatic heterocycles. The lowest BCUT2D eigenvalue weighted by atomic mass is 10.1. The molecule has 0 aromatic heterocycles. The van der Waals surface area contributed by atoms with Crippen molar-refractivity contribution in [2.75, 3.05) is 19.6 Å². The van der Waals surface area contributed by atoms with Gasteiger partial charge in [0.15, 0.2) is 0 Å². The Hall–Kier alpha value is -1.05. The van der Waals surface area contributed by atoms with Gasteiger partial charge in [0.25, 0.3) is 5.92 Å². The van der Waals surface area contributed by atoms with Gasteiger partial charge in [-0.1, -0.05) is 30.3 Å². The normalized spacial score (nSPS) is 29.4. The number of alkyl halides is 2. The maximum absolute atomic E-state index is 14.0. The Kier molecular flexibility index (Phi) is 3.99. The van der Waals surface area contributed by atoms with Crippen LogP contribution in [0.25, 0.3) is 0 Å². The first kappa shape index (κ1) is 15.8. The highest BCUT2D eigenvalue weighted by Crippen LogP contribution is 2.61. The zero-order valence-corrected chi connectivity index (χ0v) is 13.0. The van der Waals surface area contributed by atoms with E-state index in [-0.39, 0.29) is 0 Å². The highest BCUT2D eigenvalue weighted by atomic mass is 32.2. The van der Waals surface area contributed by atoms with Gasteiger partial charge in [-0.3, -0.25) is 0 Å². The second-order valence-corrected chi connectivity index (χ2v) is 8.10. The predicted molar refractivity (Wildman–Crippen MR) is 80.2 cm³/mol. The predicted octanol–water partition coefficient (Wildman–Crippen LogP) is 1.79. The number of halogens is 2. The fraction of sp³-hybridized carbons (Fsp3) is 0.600. The van der Waals surface area contributed by atoms with Crippen LogP contribution in [0.1, 0.15) is 24.3 Å². The van der Waals surface area contributed by atoms with Crippen LogP contribution in [-0.4, -0.2) is 44.1 Å². The van der Waals surface area contributed by atoms with Crippen LogP contribution in [-0.2, 0) is 10.0 Å². The maximum atomic E-state index is 14.0. The number of rotatable bonds is 4. The molecular formula is C15H20F2N2O2S. The number of nitrogens with two attached hydrogens (primary N) is 1. The summed E-state index contributed by atoms with van der Waals surface area (Å²) in [6.45, 7) is 1.33. The summed E-state index contributed by atoms with van der Waals surface area (Å²) >= 11 is 0. The van der Waals surface area contributed by atoms with Gasteiger partial charge in [0.05, 0.1) is 11.2 Å². The number of primary sulfonamides is 1. The Labute approximate surface area is 129 Å². The fourth-order valence-corrected chi connectivity index (χ4v) is 4.30. The SMILES string of the molecule is NS(=O)(=O)C1CCN(C[C@@H]2[C@@H](c3ccccc3)C2(F)F)CC1. The molecule has 2 fully saturated rings. The molecule has 0 bridgehead atoms. The molecule has 3 rings (SSSR count). The van der Waals surface area contributed by atoms with Crippen LogP contribution in [0.3, 0.4) is 0 Å². The quantitative estimate of drug-likeness (QED) is 0.915.